The van der Waals surface area contributed by atoms with Gasteiger partial charge in [0.1, 0.15) is 9.71 Å². The molecule has 1 atom stereocenters. The van der Waals surface area contributed by atoms with Gasteiger partial charge in [-0.3, -0.25) is 4.79 Å². The van der Waals surface area contributed by atoms with Crippen LogP contribution in [0.4, 0.5) is 5.69 Å². The molecule has 2 N–H and O–H groups in total. The van der Waals surface area contributed by atoms with Gasteiger partial charge in [-0.25, -0.2) is 4.98 Å². The van der Waals surface area contributed by atoms with Gasteiger partial charge in [0.15, 0.2) is 0 Å². The number of carbonyl (C=O) groups is 1. The summed E-state index contributed by atoms with van der Waals surface area (Å²) in [6, 6.07) is 2.46. The molecule has 1 amide bonds. The molecule has 0 radical (unpaired) electrons. The van der Waals surface area contributed by atoms with Crippen LogP contribution in [0.25, 0.3) is 10.2 Å². The van der Waals surface area contributed by atoms with Gasteiger partial charge in [0.05, 0.1) is 5.69 Å². The monoisotopic (exact) mass is 345 g/mol. The Kier molecular flexibility index (Phi) is 4.56. The van der Waals surface area contributed by atoms with Crippen molar-refractivity contribution in [2.45, 2.75) is 66.0 Å². The van der Waals surface area contributed by atoms with Gasteiger partial charge < -0.3 is 10.6 Å². The Morgan fingerprint density at radius 3 is 2.62 bits per heavy atom. The van der Waals surface area contributed by atoms with E-state index in [0.29, 0.717) is 16.5 Å². The van der Waals surface area contributed by atoms with Crippen LogP contribution in [0.1, 0.15) is 62.0 Å². The predicted molar refractivity (Wildman–Crippen MR) is 102 cm³/mol. The van der Waals surface area contributed by atoms with Gasteiger partial charge in [-0.2, -0.15) is 0 Å². The highest BCUT2D eigenvalue weighted by Crippen LogP contribution is 2.37. The number of rotatable bonds is 3. The second-order valence-corrected chi connectivity index (χ2v) is 8.54. The van der Waals surface area contributed by atoms with E-state index in [2.05, 4.69) is 13.0 Å². The molecule has 2 aromatic rings. The SMILES string of the molecule is CC1CCc2nc3sc(C(=O)N(C(C)C)C(C)C)c(N)c3cc2C1. The Morgan fingerprint density at radius 1 is 1.33 bits per heavy atom. The number of fused-ring (bicyclic) bond motifs is 2. The largest absolute Gasteiger partial charge is 0.397 e. The van der Waals surface area contributed by atoms with Gasteiger partial charge in [-0.05, 0) is 64.5 Å². The zero-order valence-electron chi connectivity index (χ0n) is 15.2. The van der Waals surface area contributed by atoms with Crippen LogP contribution >= 0.6 is 11.3 Å². The number of aryl methyl sites for hydroxylation is 1. The quantitative estimate of drug-likeness (QED) is 0.904. The molecular weight excluding hydrogens is 318 g/mol. The number of thiophene rings is 1. The normalized spacial score (nSPS) is 17.5. The first-order chi connectivity index (χ1) is 11.3. The summed E-state index contributed by atoms with van der Waals surface area (Å²) in [7, 11) is 0. The van der Waals surface area contributed by atoms with Crippen molar-refractivity contribution in [3.63, 3.8) is 0 Å². The van der Waals surface area contributed by atoms with E-state index < -0.39 is 0 Å². The van der Waals surface area contributed by atoms with E-state index in [-0.39, 0.29) is 18.0 Å². The van der Waals surface area contributed by atoms with Crippen molar-refractivity contribution in [2.24, 2.45) is 5.92 Å². The molecule has 130 valence electrons. The second kappa shape index (κ2) is 6.36. The summed E-state index contributed by atoms with van der Waals surface area (Å²) in [6.45, 7) is 10.4. The van der Waals surface area contributed by atoms with E-state index in [1.54, 1.807) is 0 Å². The van der Waals surface area contributed by atoms with Crippen LogP contribution in [-0.2, 0) is 12.8 Å². The van der Waals surface area contributed by atoms with Crippen molar-refractivity contribution in [1.29, 1.82) is 0 Å². The highest BCUT2D eigenvalue weighted by atomic mass is 32.1. The van der Waals surface area contributed by atoms with Crippen molar-refractivity contribution < 1.29 is 4.79 Å². The maximum absolute atomic E-state index is 13.0. The third-order valence-electron chi connectivity index (χ3n) is 4.87. The Bertz CT molecular complexity index is 771. The summed E-state index contributed by atoms with van der Waals surface area (Å²) in [5.74, 6) is 0.710. The highest BCUT2D eigenvalue weighted by Gasteiger charge is 2.27. The third kappa shape index (κ3) is 2.90. The van der Waals surface area contributed by atoms with Crippen molar-refractivity contribution in [3.8, 4) is 0 Å². The first kappa shape index (κ1) is 17.2. The summed E-state index contributed by atoms with van der Waals surface area (Å²) in [5.41, 5.74) is 9.45. The van der Waals surface area contributed by atoms with E-state index in [1.165, 1.54) is 29.0 Å². The van der Waals surface area contributed by atoms with E-state index >= 15 is 0 Å². The molecule has 0 spiro atoms. The van der Waals surface area contributed by atoms with Crippen LogP contribution in [0.2, 0.25) is 0 Å². The molecule has 1 aliphatic carbocycles. The zero-order valence-corrected chi connectivity index (χ0v) is 16.0. The molecular formula is C19H27N3OS. The topological polar surface area (TPSA) is 59.2 Å². The molecule has 2 aromatic heterocycles. The van der Waals surface area contributed by atoms with E-state index in [1.807, 2.05) is 32.6 Å². The summed E-state index contributed by atoms with van der Waals surface area (Å²) in [4.78, 5) is 21.3. The Morgan fingerprint density at radius 2 is 2.00 bits per heavy atom. The van der Waals surface area contributed by atoms with E-state index in [9.17, 15) is 4.79 Å². The van der Waals surface area contributed by atoms with Crippen LogP contribution in [0.15, 0.2) is 6.07 Å². The molecule has 4 nitrogen and oxygen atoms in total. The van der Waals surface area contributed by atoms with Crippen molar-refractivity contribution in [1.82, 2.24) is 9.88 Å². The lowest BCUT2D eigenvalue weighted by Crippen LogP contribution is -2.41. The lowest BCUT2D eigenvalue weighted by Gasteiger charge is -2.30. The number of hydrogen-bond acceptors (Lipinski definition) is 4. The molecule has 0 saturated heterocycles. The molecule has 3 rings (SSSR count). The van der Waals surface area contributed by atoms with Crippen LogP contribution in [0, 0.1) is 5.92 Å². The number of carbonyl (C=O) groups excluding carboxylic acids is 1. The van der Waals surface area contributed by atoms with Crippen LogP contribution in [0.3, 0.4) is 0 Å². The fraction of sp³-hybridized carbons (Fsp3) is 0.579. The van der Waals surface area contributed by atoms with Gasteiger partial charge >= 0.3 is 0 Å². The average molecular weight is 346 g/mol. The maximum atomic E-state index is 13.0. The van der Waals surface area contributed by atoms with Gasteiger partial charge in [0.2, 0.25) is 0 Å². The minimum atomic E-state index is 0.0202. The number of amides is 1. The predicted octanol–water partition coefficient (Wildman–Crippen LogP) is 4.26. The molecule has 24 heavy (non-hydrogen) atoms. The van der Waals surface area contributed by atoms with E-state index in [0.717, 1.165) is 23.1 Å². The number of anilines is 1. The Hall–Kier alpha value is -1.62. The molecule has 2 heterocycles. The minimum Gasteiger partial charge on any atom is -0.397 e. The van der Waals surface area contributed by atoms with Crippen LogP contribution in [-0.4, -0.2) is 27.9 Å². The zero-order chi connectivity index (χ0) is 17.6. The molecule has 1 unspecified atom stereocenters. The molecule has 5 heteroatoms. The Balaban J connectivity index is 2.07. The Labute approximate surface area is 148 Å². The molecule has 0 bridgehead atoms. The average Bonchev–Trinajstić information content (AvgIpc) is 2.81. The van der Waals surface area contributed by atoms with Gasteiger partial charge in [0, 0.05) is 23.2 Å². The number of pyridine rings is 1. The number of nitrogen functional groups attached to an aromatic ring is 1. The van der Waals surface area contributed by atoms with Gasteiger partial charge in [-0.1, -0.05) is 6.92 Å². The molecule has 0 saturated carbocycles. The van der Waals surface area contributed by atoms with Crippen molar-refractivity contribution in [2.75, 3.05) is 5.73 Å². The minimum absolute atomic E-state index is 0.0202. The number of hydrogen-bond donors (Lipinski definition) is 1. The first-order valence-electron chi connectivity index (χ1n) is 8.83. The molecule has 1 aliphatic rings. The maximum Gasteiger partial charge on any atom is 0.266 e. The fourth-order valence-corrected chi connectivity index (χ4v) is 4.75. The lowest BCUT2D eigenvalue weighted by molar-refractivity contribution is 0.0650. The smallest absolute Gasteiger partial charge is 0.266 e. The summed E-state index contributed by atoms with van der Waals surface area (Å²) in [5, 5.41) is 0.948. The van der Waals surface area contributed by atoms with Gasteiger partial charge in [0.25, 0.3) is 5.91 Å². The van der Waals surface area contributed by atoms with Crippen molar-refractivity contribution >= 4 is 33.1 Å². The van der Waals surface area contributed by atoms with Crippen LogP contribution in [0.5, 0.6) is 0 Å². The summed E-state index contributed by atoms with van der Waals surface area (Å²) < 4.78 is 0. The number of aromatic nitrogens is 1. The summed E-state index contributed by atoms with van der Waals surface area (Å²) in [6.07, 6.45) is 3.27. The summed E-state index contributed by atoms with van der Waals surface area (Å²) >= 11 is 1.44. The molecule has 0 fully saturated rings. The number of nitrogens with zero attached hydrogens (tertiary/aromatic N) is 2. The standard InChI is InChI=1S/C19H27N3OS/c1-10(2)22(11(3)4)19(23)17-16(20)14-9-13-8-12(5)6-7-15(13)21-18(14)24-17/h9-12H,6-8,20H2,1-5H3. The van der Waals surface area contributed by atoms with Gasteiger partial charge in [-0.15, -0.1) is 11.3 Å². The molecule has 0 aromatic carbocycles. The fourth-order valence-electron chi connectivity index (χ4n) is 3.71. The van der Waals surface area contributed by atoms with E-state index in [4.69, 9.17) is 10.7 Å². The van der Waals surface area contributed by atoms with Crippen LogP contribution < -0.4 is 5.73 Å². The molecule has 0 aliphatic heterocycles. The first-order valence-corrected chi connectivity index (χ1v) is 9.64. The number of nitrogens with two attached hydrogens (primary N) is 1. The van der Waals surface area contributed by atoms with Crippen molar-refractivity contribution in [3.05, 3.63) is 22.2 Å². The third-order valence-corrected chi connectivity index (χ3v) is 5.98. The lowest BCUT2D eigenvalue weighted by atomic mass is 9.87. The second-order valence-electron chi connectivity index (χ2n) is 7.54. The highest BCUT2D eigenvalue weighted by molar-refractivity contribution is 7.21.